The molecule has 1 aliphatic heterocycles. The van der Waals surface area contributed by atoms with E-state index in [4.69, 9.17) is 0 Å². The normalized spacial score (nSPS) is 20.2. The average Bonchev–Trinajstić information content (AvgIpc) is 2.40. The van der Waals surface area contributed by atoms with E-state index in [2.05, 4.69) is 15.2 Å². The molecule has 0 aromatic carbocycles. The van der Waals surface area contributed by atoms with Crippen LogP contribution in [0, 0.1) is 0 Å². The molecule has 2 heterocycles. The van der Waals surface area contributed by atoms with Crippen LogP contribution in [0.15, 0.2) is 23.2 Å². The quantitative estimate of drug-likeness (QED) is 0.895. The van der Waals surface area contributed by atoms with E-state index in [1.807, 2.05) is 6.92 Å². The van der Waals surface area contributed by atoms with Crippen LogP contribution in [-0.4, -0.2) is 45.3 Å². The van der Waals surface area contributed by atoms with Gasteiger partial charge in [0.15, 0.2) is 9.84 Å². The third kappa shape index (κ3) is 3.25. The molecule has 5 nitrogen and oxygen atoms in total. The molecule has 1 saturated heterocycles. The lowest BCUT2D eigenvalue weighted by Gasteiger charge is -2.35. The van der Waals surface area contributed by atoms with Crippen molar-refractivity contribution in [3.63, 3.8) is 0 Å². The fourth-order valence-electron chi connectivity index (χ4n) is 2.57. The summed E-state index contributed by atoms with van der Waals surface area (Å²) in [6, 6.07) is 3.62. The molecule has 0 saturated carbocycles. The van der Waals surface area contributed by atoms with Gasteiger partial charge >= 0.3 is 0 Å². The lowest BCUT2D eigenvalue weighted by molar-refractivity contribution is 0.432. The van der Waals surface area contributed by atoms with Crippen molar-refractivity contribution in [1.82, 2.24) is 10.3 Å². The summed E-state index contributed by atoms with van der Waals surface area (Å²) < 4.78 is 23.7. The minimum Gasteiger partial charge on any atom is -0.352 e. The predicted octanol–water partition coefficient (Wildman–Crippen LogP) is 1.06. The van der Waals surface area contributed by atoms with Gasteiger partial charge in [0, 0.05) is 31.6 Å². The summed E-state index contributed by atoms with van der Waals surface area (Å²) in [7, 11) is -3.25. The summed E-state index contributed by atoms with van der Waals surface area (Å²) in [5.41, 5.74) is 0. The molecule has 0 aliphatic carbocycles. The van der Waals surface area contributed by atoms with Gasteiger partial charge in [-0.15, -0.1) is 0 Å². The Kier molecular flexibility index (Phi) is 4.42. The van der Waals surface area contributed by atoms with E-state index in [9.17, 15) is 8.42 Å². The minimum absolute atomic E-state index is 0.314. The van der Waals surface area contributed by atoms with Crippen molar-refractivity contribution in [2.45, 2.75) is 30.7 Å². The molecule has 1 N–H and O–H groups in total. The molecule has 0 spiro atoms. The van der Waals surface area contributed by atoms with E-state index in [1.165, 1.54) is 6.26 Å². The SMILES string of the molecule is CCN(c1ncccc1S(C)(=O)=O)C1CCCNC1. The van der Waals surface area contributed by atoms with Gasteiger partial charge in [0.2, 0.25) is 0 Å². The Morgan fingerprint density at radius 3 is 2.89 bits per heavy atom. The highest BCUT2D eigenvalue weighted by atomic mass is 32.2. The Labute approximate surface area is 114 Å². The number of aromatic nitrogens is 1. The van der Waals surface area contributed by atoms with Crippen molar-refractivity contribution in [1.29, 1.82) is 0 Å². The fraction of sp³-hybridized carbons (Fsp3) is 0.615. The van der Waals surface area contributed by atoms with E-state index in [-0.39, 0.29) is 0 Å². The predicted molar refractivity (Wildman–Crippen MR) is 76.3 cm³/mol. The van der Waals surface area contributed by atoms with Crippen LogP contribution in [0.25, 0.3) is 0 Å². The van der Waals surface area contributed by atoms with E-state index in [0.717, 1.165) is 32.5 Å². The van der Waals surface area contributed by atoms with Crippen molar-refractivity contribution < 1.29 is 8.42 Å². The highest BCUT2D eigenvalue weighted by molar-refractivity contribution is 7.90. The van der Waals surface area contributed by atoms with E-state index >= 15 is 0 Å². The van der Waals surface area contributed by atoms with Gasteiger partial charge in [-0.25, -0.2) is 13.4 Å². The molecule has 1 aromatic heterocycles. The summed E-state index contributed by atoms with van der Waals surface area (Å²) in [6.45, 7) is 4.71. The summed E-state index contributed by atoms with van der Waals surface area (Å²) in [6.07, 6.45) is 5.08. The maximum Gasteiger partial charge on any atom is 0.179 e. The molecule has 19 heavy (non-hydrogen) atoms. The van der Waals surface area contributed by atoms with Crippen LogP contribution in [0.3, 0.4) is 0 Å². The van der Waals surface area contributed by atoms with Gasteiger partial charge in [0.25, 0.3) is 0 Å². The fourth-order valence-corrected chi connectivity index (χ4v) is 3.40. The van der Waals surface area contributed by atoms with Crippen LogP contribution in [0.1, 0.15) is 19.8 Å². The van der Waals surface area contributed by atoms with Gasteiger partial charge in [0.05, 0.1) is 0 Å². The first kappa shape index (κ1) is 14.3. The van der Waals surface area contributed by atoms with Gasteiger partial charge in [-0.2, -0.15) is 0 Å². The lowest BCUT2D eigenvalue weighted by atomic mass is 10.1. The Bertz CT molecular complexity index is 524. The number of piperidine rings is 1. The van der Waals surface area contributed by atoms with E-state index < -0.39 is 9.84 Å². The number of likely N-dealkylation sites (N-methyl/N-ethyl adjacent to an activating group) is 1. The second kappa shape index (κ2) is 5.88. The van der Waals surface area contributed by atoms with Crippen molar-refractivity contribution in [2.75, 3.05) is 30.8 Å². The van der Waals surface area contributed by atoms with Crippen LogP contribution < -0.4 is 10.2 Å². The Morgan fingerprint density at radius 2 is 2.32 bits per heavy atom. The maximum atomic E-state index is 11.9. The van der Waals surface area contributed by atoms with E-state index in [0.29, 0.717) is 16.8 Å². The number of hydrogen-bond acceptors (Lipinski definition) is 5. The van der Waals surface area contributed by atoms with Gasteiger partial charge in [-0.05, 0) is 38.4 Å². The zero-order valence-electron chi connectivity index (χ0n) is 11.5. The molecule has 1 aromatic rings. The molecule has 6 heteroatoms. The summed E-state index contributed by atoms with van der Waals surface area (Å²) >= 11 is 0. The first-order valence-electron chi connectivity index (χ1n) is 6.66. The third-order valence-electron chi connectivity index (χ3n) is 3.47. The van der Waals surface area contributed by atoms with Crippen LogP contribution in [0.2, 0.25) is 0 Å². The Balaban J connectivity index is 2.38. The number of sulfone groups is 1. The lowest BCUT2D eigenvalue weighted by Crippen LogP contribution is -2.46. The molecular formula is C13H21N3O2S. The molecule has 1 unspecified atom stereocenters. The molecule has 1 aliphatic rings. The molecule has 1 fully saturated rings. The summed E-state index contributed by atoms with van der Waals surface area (Å²) in [4.78, 5) is 6.73. The smallest absolute Gasteiger partial charge is 0.179 e. The number of nitrogens with zero attached hydrogens (tertiary/aromatic N) is 2. The number of hydrogen-bond donors (Lipinski definition) is 1. The zero-order chi connectivity index (χ0) is 13.9. The van der Waals surface area contributed by atoms with Gasteiger partial charge in [0.1, 0.15) is 10.7 Å². The Hall–Kier alpha value is -1.14. The maximum absolute atomic E-state index is 11.9. The molecule has 0 amide bonds. The average molecular weight is 283 g/mol. The molecule has 0 bridgehead atoms. The number of nitrogens with one attached hydrogen (secondary N) is 1. The zero-order valence-corrected chi connectivity index (χ0v) is 12.3. The largest absolute Gasteiger partial charge is 0.352 e. The number of anilines is 1. The van der Waals surface area contributed by atoms with Crippen LogP contribution in [-0.2, 0) is 9.84 Å². The topological polar surface area (TPSA) is 62.3 Å². The monoisotopic (exact) mass is 283 g/mol. The highest BCUT2D eigenvalue weighted by Crippen LogP contribution is 2.25. The standard InChI is InChI=1S/C13H21N3O2S/c1-3-16(11-6-4-8-14-10-11)13-12(19(2,17)18)7-5-9-15-13/h5,7,9,11,14H,3-4,6,8,10H2,1-2H3. The van der Waals surface area contributed by atoms with Crippen molar-refractivity contribution in [3.8, 4) is 0 Å². The van der Waals surface area contributed by atoms with Crippen molar-refractivity contribution >= 4 is 15.7 Å². The number of rotatable bonds is 4. The van der Waals surface area contributed by atoms with Crippen LogP contribution >= 0.6 is 0 Å². The van der Waals surface area contributed by atoms with E-state index in [1.54, 1.807) is 18.3 Å². The first-order chi connectivity index (χ1) is 9.04. The van der Waals surface area contributed by atoms with Crippen LogP contribution in [0.5, 0.6) is 0 Å². The number of pyridine rings is 1. The molecular weight excluding hydrogens is 262 g/mol. The molecule has 0 radical (unpaired) electrons. The second-order valence-corrected chi connectivity index (χ2v) is 6.87. The van der Waals surface area contributed by atoms with Gasteiger partial charge in [-0.3, -0.25) is 0 Å². The molecule has 106 valence electrons. The molecule has 2 rings (SSSR count). The first-order valence-corrected chi connectivity index (χ1v) is 8.55. The third-order valence-corrected chi connectivity index (χ3v) is 4.59. The Morgan fingerprint density at radius 1 is 1.53 bits per heavy atom. The van der Waals surface area contributed by atoms with Gasteiger partial charge in [-0.1, -0.05) is 0 Å². The second-order valence-electron chi connectivity index (χ2n) is 4.88. The van der Waals surface area contributed by atoms with Crippen molar-refractivity contribution in [2.24, 2.45) is 0 Å². The van der Waals surface area contributed by atoms with Gasteiger partial charge < -0.3 is 10.2 Å². The minimum atomic E-state index is -3.25. The molecule has 1 atom stereocenters. The van der Waals surface area contributed by atoms with Crippen molar-refractivity contribution in [3.05, 3.63) is 18.3 Å². The highest BCUT2D eigenvalue weighted by Gasteiger charge is 2.25. The van der Waals surface area contributed by atoms with Crippen LogP contribution in [0.4, 0.5) is 5.82 Å². The summed E-state index contributed by atoms with van der Waals surface area (Å²) in [5, 5.41) is 3.36. The summed E-state index contributed by atoms with van der Waals surface area (Å²) in [5.74, 6) is 0.584.